The SMILES string of the molecule is Cc1cc(Sc2ccccn2)[c-]c(-c2ccc3c4ccccc4n(-c4ccccc4O)c3n2)c1.[Pt]. The number of benzene rings is 3. The fourth-order valence-corrected chi connectivity index (χ4v) is 5.17. The number of para-hydroxylation sites is 3. The summed E-state index contributed by atoms with van der Waals surface area (Å²) in [6, 6.07) is 33.3. The Balaban J connectivity index is 0.00000253. The van der Waals surface area contributed by atoms with E-state index in [4.69, 9.17) is 4.98 Å². The van der Waals surface area contributed by atoms with Gasteiger partial charge in [0.05, 0.1) is 16.2 Å². The Morgan fingerprint density at radius 2 is 1.66 bits per heavy atom. The number of aryl methyl sites for hydroxylation is 1. The fraction of sp³-hybridized carbons (Fsp3) is 0.0345. The normalized spacial score (nSPS) is 11.0. The Bertz CT molecular complexity index is 1660. The van der Waals surface area contributed by atoms with Crippen molar-refractivity contribution in [1.29, 1.82) is 0 Å². The Kier molecular flexibility index (Phi) is 6.46. The minimum Gasteiger partial charge on any atom is -0.506 e. The number of hydrogen-bond acceptors (Lipinski definition) is 4. The molecule has 35 heavy (non-hydrogen) atoms. The van der Waals surface area contributed by atoms with Crippen molar-refractivity contribution in [2.75, 3.05) is 0 Å². The molecule has 6 rings (SSSR count). The average molecular weight is 654 g/mol. The van der Waals surface area contributed by atoms with Crippen LogP contribution in [0, 0.1) is 13.0 Å². The van der Waals surface area contributed by atoms with Crippen LogP contribution in [-0.4, -0.2) is 19.6 Å². The maximum atomic E-state index is 10.6. The molecule has 6 aromatic rings. The summed E-state index contributed by atoms with van der Waals surface area (Å²) in [5.41, 5.74) is 5.40. The number of aromatic hydroxyl groups is 1. The second-order valence-electron chi connectivity index (χ2n) is 8.11. The van der Waals surface area contributed by atoms with Gasteiger partial charge < -0.3 is 5.11 Å². The molecule has 0 bridgehead atoms. The molecule has 0 aliphatic rings. The van der Waals surface area contributed by atoms with E-state index in [1.54, 1.807) is 24.0 Å². The summed E-state index contributed by atoms with van der Waals surface area (Å²) in [5, 5.41) is 13.7. The Morgan fingerprint density at radius 1 is 0.857 bits per heavy atom. The first-order valence-corrected chi connectivity index (χ1v) is 11.8. The zero-order valence-electron chi connectivity index (χ0n) is 18.8. The van der Waals surface area contributed by atoms with Crippen LogP contribution in [0.25, 0.3) is 38.9 Å². The second-order valence-corrected chi connectivity index (χ2v) is 9.18. The predicted molar refractivity (Wildman–Crippen MR) is 138 cm³/mol. The van der Waals surface area contributed by atoms with E-state index in [1.807, 2.05) is 59.2 Å². The van der Waals surface area contributed by atoms with Crippen molar-refractivity contribution < 1.29 is 26.2 Å². The first-order chi connectivity index (χ1) is 16.7. The van der Waals surface area contributed by atoms with Crippen molar-refractivity contribution >= 4 is 33.7 Å². The molecule has 3 heterocycles. The topological polar surface area (TPSA) is 50.9 Å². The van der Waals surface area contributed by atoms with Gasteiger partial charge in [-0.25, -0.2) is 4.98 Å². The molecule has 3 aromatic heterocycles. The van der Waals surface area contributed by atoms with Crippen LogP contribution in [0.2, 0.25) is 0 Å². The van der Waals surface area contributed by atoms with Crippen LogP contribution in [0.15, 0.2) is 107 Å². The molecule has 174 valence electrons. The molecule has 0 fully saturated rings. The molecule has 0 saturated carbocycles. The summed E-state index contributed by atoms with van der Waals surface area (Å²) in [6.45, 7) is 2.08. The van der Waals surface area contributed by atoms with Crippen molar-refractivity contribution in [3.63, 3.8) is 0 Å². The molecule has 4 nitrogen and oxygen atoms in total. The summed E-state index contributed by atoms with van der Waals surface area (Å²) in [6.07, 6.45) is 1.80. The molecule has 0 aliphatic heterocycles. The van der Waals surface area contributed by atoms with Gasteiger partial charge in [0.15, 0.2) is 0 Å². The smallest absolute Gasteiger partial charge is 0.139 e. The van der Waals surface area contributed by atoms with Gasteiger partial charge in [-0.05, 0) is 36.0 Å². The van der Waals surface area contributed by atoms with Gasteiger partial charge in [-0.1, -0.05) is 72.1 Å². The number of nitrogens with zero attached hydrogens (tertiary/aromatic N) is 3. The van der Waals surface area contributed by atoms with Gasteiger partial charge in [0.1, 0.15) is 11.4 Å². The van der Waals surface area contributed by atoms with E-state index in [-0.39, 0.29) is 26.8 Å². The van der Waals surface area contributed by atoms with Gasteiger partial charge in [-0.15, -0.1) is 29.3 Å². The van der Waals surface area contributed by atoms with E-state index in [1.165, 1.54) is 0 Å². The van der Waals surface area contributed by atoms with Crippen LogP contribution in [0.1, 0.15) is 5.56 Å². The van der Waals surface area contributed by atoms with Crippen LogP contribution in [-0.2, 0) is 21.1 Å². The second kappa shape index (κ2) is 9.69. The number of rotatable bonds is 4. The van der Waals surface area contributed by atoms with Crippen LogP contribution in [0.3, 0.4) is 0 Å². The van der Waals surface area contributed by atoms with E-state index in [0.717, 1.165) is 48.7 Å². The average Bonchev–Trinajstić information content (AvgIpc) is 3.18. The van der Waals surface area contributed by atoms with E-state index in [0.29, 0.717) is 5.69 Å². The Labute approximate surface area is 221 Å². The third-order valence-corrected chi connectivity index (χ3v) is 6.65. The summed E-state index contributed by atoms with van der Waals surface area (Å²) in [5.74, 6) is 0.216. The Morgan fingerprint density at radius 3 is 2.49 bits per heavy atom. The molecule has 1 N–H and O–H groups in total. The summed E-state index contributed by atoms with van der Waals surface area (Å²) in [7, 11) is 0. The van der Waals surface area contributed by atoms with Crippen molar-refractivity contribution in [2.45, 2.75) is 16.8 Å². The van der Waals surface area contributed by atoms with Crippen LogP contribution in [0.4, 0.5) is 0 Å². The predicted octanol–water partition coefficient (Wildman–Crippen LogP) is 7.20. The summed E-state index contributed by atoms with van der Waals surface area (Å²) in [4.78, 5) is 10.5. The van der Waals surface area contributed by atoms with Crippen LogP contribution in [0.5, 0.6) is 5.75 Å². The first-order valence-electron chi connectivity index (χ1n) is 11.0. The molecule has 6 heteroatoms. The molecular formula is C29H20N3OPtS-. The quantitative estimate of drug-likeness (QED) is 0.205. The van der Waals surface area contributed by atoms with E-state index in [9.17, 15) is 5.11 Å². The van der Waals surface area contributed by atoms with E-state index in [2.05, 4.69) is 48.3 Å². The van der Waals surface area contributed by atoms with Crippen molar-refractivity contribution in [1.82, 2.24) is 14.5 Å². The van der Waals surface area contributed by atoms with E-state index >= 15 is 0 Å². The number of fused-ring (bicyclic) bond motifs is 3. The number of aromatic nitrogens is 3. The molecule has 0 aliphatic carbocycles. The maximum absolute atomic E-state index is 10.6. The van der Waals surface area contributed by atoms with Gasteiger partial charge in [0.2, 0.25) is 0 Å². The summed E-state index contributed by atoms with van der Waals surface area (Å²) >= 11 is 1.59. The zero-order chi connectivity index (χ0) is 23.1. The fourth-order valence-electron chi connectivity index (χ4n) is 4.28. The molecular weight excluding hydrogens is 633 g/mol. The zero-order valence-corrected chi connectivity index (χ0v) is 21.8. The molecule has 0 spiro atoms. The molecule has 0 atom stereocenters. The summed E-state index contributed by atoms with van der Waals surface area (Å²) < 4.78 is 2.03. The van der Waals surface area contributed by atoms with Crippen LogP contribution >= 0.6 is 11.8 Å². The largest absolute Gasteiger partial charge is 0.506 e. The standard InChI is InChI=1S/C29H20N3OS.Pt/c1-19-16-20(18-21(17-19)34-28-12-6-7-15-30-28)24-14-13-23-22-8-2-3-9-25(22)32(29(23)31-24)26-10-4-5-11-27(26)33;/h2-17,33H,1H3;/q-1;. The van der Waals surface area contributed by atoms with Gasteiger partial charge in [0, 0.05) is 38.0 Å². The van der Waals surface area contributed by atoms with Gasteiger partial charge in [0.25, 0.3) is 0 Å². The number of hydrogen-bond donors (Lipinski definition) is 1. The van der Waals surface area contributed by atoms with Gasteiger partial charge >= 0.3 is 0 Å². The number of pyridine rings is 2. The maximum Gasteiger partial charge on any atom is 0.139 e. The van der Waals surface area contributed by atoms with Crippen LogP contribution < -0.4 is 0 Å². The minimum atomic E-state index is 0. The molecule has 0 amide bonds. The number of phenolic OH excluding ortho intramolecular Hbond substituents is 1. The monoisotopic (exact) mass is 653 g/mol. The van der Waals surface area contributed by atoms with Crippen molar-refractivity contribution in [2.24, 2.45) is 0 Å². The van der Waals surface area contributed by atoms with Crippen molar-refractivity contribution in [3.05, 3.63) is 109 Å². The molecule has 0 saturated heterocycles. The molecule has 0 radical (unpaired) electrons. The van der Waals surface area contributed by atoms with Gasteiger partial charge in [-0.3, -0.25) is 9.55 Å². The van der Waals surface area contributed by atoms with E-state index < -0.39 is 0 Å². The number of phenols is 1. The Hall–Kier alpha value is -3.40. The third kappa shape index (κ3) is 4.38. The minimum absolute atomic E-state index is 0. The van der Waals surface area contributed by atoms with Crippen molar-refractivity contribution in [3.8, 4) is 22.7 Å². The first kappa shape index (κ1) is 23.3. The molecule has 3 aromatic carbocycles. The van der Waals surface area contributed by atoms with Gasteiger partial charge in [-0.2, -0.15) is 0 Å². The third-order valence-electron chi connectivity index (χ3n) is 5.76. The molecule has 0 unspecified atom stereocenters.